The van der Waals surface area contributed by atoms with Crippen LogP contribution in [0.4, 0.5) is 0 Å². The maximum absolute atomic E-state index is 6.23. The summed E-state index contributed by atoms with van der Waals surface area (Å²) >= 11 is 6.23. The molecule has 1 unspecified atom stereocenters. The fourth-order valence-electron chi connectivity index (χ4n) is 0.488. The molecule has 0 aliphatic carbocycles. The van der Waals surface area contributed by atoms with Crippen LogP contribution in [0.2, 0.25) is 11.6 Å². The highest BCUT2D eigenvalue weighted by Crippen LogP contribution is 2.39. The van der Waals surface area contributed by atoms with E-state index in [2.05, 4.69) is 20.8 Å². The third-order valence-electron chi connectivity index (χ3n) is 1.76. The Morgan fingerprint density at radius 2 is 1.80 bits per heavy atom. The van der Waals surface area contributed by atoms with Crippen LogP contribution in [0.25, 0.3) is 0 Å². The van der Waals surface area contributed by atoms with E-state index in [1.165, 1.54) is 0 Å². The lowest BCUT2D eigenvalue weighted by Gasteiger charge is -2.32. The zero-order valence-corrected chi connectivity index (χ0v) is 9.25. The maximum atomic E-state index is 6.23. The molecule has 0 N–H and O–H groups in total. The van der Waals surface area contributed by atoms with Crippen LogP contribution in [-0.4, -0.2) is 14.2 Å². The molecule has 0 aromatic rings. The van der Waals surface area contributed by atoms with Crippen LogP contribution in [0.15, 0.2) is 0 Å². The SMILES string of the molecule is CCO[Si](C)(Cl)C(C)(C)C. The van der Waals surface area contributed by atoms with Crippen LogP contribution in [-0.2, 0) is 4.43 Å². The first-order chi connectivity index (χ1) is 4.31. The Balaban J connectivity index is 4.10. The number of halogens is 1. The Hall–Kier alpha value is 0.467. The van der Waals surface area contributed by atoms with Crippen LogP contribution < -0.4 is 0 Å². The first-order valence-corrected chi connectivity index (χ1v) is 7.06. The smallest absolute Gasteiger partial charge is 0.292 e. The Morgan fingerprint density at radius 1 is 1.40 bits per heavy atom. The van der Waals surface area contributed by atoms with E-state index in [4.69, 9.17) is 15.5 Å². The summed E-state index contributed by atoms with van der Waals surface area (Å²) in [6.45, 7) is 11.1. The third kappa shape index (κ3) is 2.60. The molecule has 3 heteroatoms. The van der Waals surface area contributed by atoms with E-state index in [9.17, 15) is 0 Å². The predicted molar refractivity (Wildman–Crippen MR) is 48.8 cm³/mol. The highest BCUT2D eigenvalue weighted by molar-refractivity contribution is 7.17. The summed E-state index contributed by atoms with van der Waals surface area (Å²) in [6, 6.07) is 0. The van der Waals surface area contributed by atoms with Gasteiger partial charge in [-0.05, 0) is 18.5 Å². The minimum Gasteiger partial charge on any atom is -0.403 e. The molecular formula is C7H17ClOSi. The second-order valence-corrected chi connectivity index (χ2v) is 9.39. The average Bonchev–Trinajstić information content (AvgIpc) is 1.61. The molecule has 0 heterocycles. The second kappa shape index (κ2) is 3.24. The predicted octanol–water partition coefficient (Wildman–Crippen LogP) is 3.13. The molecular weight excluding hydrogens is 164 g/mol. The van der Waals surface area contributed by atoms with Crippen molar-refractivity contribution in [3.05, 3.63) is 0 Å². The molecule has 0 radical (unpaired) electrons. The van der Waals surface area contributed by atoms with Crippen molar-refractivity contribution < 1.29 is 4.43 Å². The van der Waals surface area contributed by atoms with Gasteiger partial charge in [-0.1, -0.05) is 20.8 Å². The van der Waals surface area contributed by atoms with Gasteiger partial charge in [0.15, 0.2) is 0 Å². The summed E-state index contributed by atoms with van der Waals surface area (Å²) in [5.41, 5.74) is 0. The molecule has 0 saturated carbocycles. The number of rotatable bonds is 2. The largest absolute Gasteiger partial charge is 0.403 e. The van der Waals surface area contributed by atoms with Crippen molar-refractivity contribution in [2.45, 2.75) is 39.3 Å². The topological polar surface area (TPSA) is 9.23 Å². The van der Waals surface area contributed by atoms with Gasteiger partial charge in [-0.15, -0.1) is 11.1 Å². The summed E-state index contributed by atoms with van der Waals surface area (Å²) in [6.07, 6.45) is 0. The molecule has 62 valence electrons. The van der Waals surface area contributed by atoms with Crippen molar-refractivity contribution in [3.63, 3.8) is 0 Å². The van der Waals surface area contributed by atoms with Crippen LogP contribution in [0, 0.1) is 0 Å². The van der Waals surface area contributed by atoms with Crippen molar-refractivity contribution in [2.24, 2.45) is 0 Å². The lowest BCUT2D eigenvalue weighted by molar-refractivity contribution is 0.319. The van der Waals surface area contributed by atoms with Gasteiger partial charge < -0.3 is 4.43 Å². The van der Waals surface area contributed by atoms with Crippen LogP contribution in [0.1, 0.15) is 27.7 Å². The van der Waals surface area contributed by atoms with Crippen molar-refractivity contribution >= 4 is 18.7 Å². The van der Waals surface area contributed by atoms with Crippen LogP contribution in [0.5, 0.6) is 0 Å². The van der Waals surface area contributed by atoms with Gasteiger partial charge in [-0.2, -0.15) is 0 Å². The minimum absolute atomic E-state index is 0.130. The molecule has 0 spiro atoms. The highest BCUT2D eigenvalue weighted by Gasteiger charge is 2.40. The molecule has 0 aliphatic heterocycles. The molecule has 10 heavy (non-hydrogen) atoms. The zero-order valence-electron chi connectivity index (χ0n) is 7.49. The Labute approximate surface area is 69.6 Å². The van der Waals surface area contributed by atoms with Gasteiger partial charge in [-0.3, -0.25) is 0 Å². The van der Waals surface area contributed by atoms with Crippen molar-refractivity contribution in [1.82, 2.24) is 0 Å². The fraction of sp³-hybridized carbons (Fsp3) is 1.00. The zero-order chi connectivity index (χ0) is 8.41. The van der Waals surface area contributed by atoms with Gasteiger partial charge >= 0.3 is 0 Å². The van der Waals surface area contributed by atoms with Gasteiger partial charge in [0.05, 0.1) is 0 Å². The van der Waals surface area contributed by atoms with Gasteiger partial charge in [0.25, 0.3) is 7.63 Å². The molecule has 0 bridgehead atoms. The molecule has 0 aromatic heterocycles. The average molecular weight is 181 g/mol. The summed E-state index contributed by atoms with van der Waals surface area (Å²) in [5.74, 6) is 0. The summed E-state index contributed by atoms with van der Waals surface area (Å²) in [4.78, 5) is 0. The molecule has 0 aliphatic rings. The van der Waals surface area contributed by atoms with Gasteiger partial charge in [0.2, 0.25) is 0 Å². The second-order valence-electron chi connectivity index (χ2n) is 3.60. The Kier molecular flexibility index (Phi) is 3.39. The van der Waals surface area contributed by atoms with E-state index >= 15 is 0 Å². The van der Waals surface area contributed by atoms with Crippen molar-refractivity contribution in [2.75, 3.05) is 6.61 Å². The van der Waals surface area contributed by atoms with E-state index < -0.39 is 7.63 Å². The molecule has 1 nitrogen and oxygen atoms in total. The van der Waals surface area contributed by atoms with E-state index in [1.807, 2.05) is 13.5 Å². The van der Waals surface area contributed by atoms with E-state index in [0.29, 0.717) is 0 Å². The number of hydrogen-bond acceptors (Lipinski definition) is 1. The normalized spacial score (nSPS) is 18.6. The standard InChI is InChI=1S/C7H17ClOSi/c1-6-9-10(5,8)7(2,3)4/h6H2,1-5H3. The van der Waals surface area contributed by atoms with Gasteiger partial charge in [-0.25, -0.2) is 0 Å². The van der Waals surface area contributed by atoms with Crippen LogP contribution in [0.3, 0.4) is 0 Å². The number of hydrogen-bond donors (Lipinski definition) is 0. The van der Waals surface area contributed by atoms with Crippen LogP contribution >= 0.6 is 11.1 Å². The third-order valence-corrected chi connectivity index (χ3v) is 7.29. The van der Waals surface area contributed by atoms with Crippen molar-refractivity contribution in [3.8, 4) is 0 Å². The van der Waals surface area contributed by atoms with Gasteiger partial charge in [0, 0.05) is 6.61 Å². The first kappa shape index (κ1) is 10.5. The molecule has 0 amide bonds. The lowest BCUT2D eigenvalue weighted by atomic mass is 10.3. The quantitative estimate of drug-likeness (QED) is 0.469. The van der Waals surface area contributed by atoms with E-state index in [-0.39, 0.29) is 5.04 Å². The first-order valence-electron chi connectivity index (χ1n) is 3.64. The molecule has 0 aromatic carbocycles. The Bertz CT molecular complexity index is 107. The molecule has 0 rings (SSSR count). The highest BCUT2D eigenvalue weighted by atomic mass is 35.6. The minimum atomic E-state index is -1.93. The lowest BCUT2D eigenvalue weighted by Crippen LogP contribution is -2.38. The summed E-state index contributed by atoms with van der Waals surface area (Å²) in [5, 5.41) is 0.130. The molecule has 0 saturated heterocycles. The monoisotopic (exact) mass is 180 g/mol. The van der Waals surface area contributed by atoms with E-state index in [1.54, 1.807) is 0 Å². The summed E-state index contributed by atoms with van der Waals surface area (Å²) in [7, 11) is -1.93. The molecule has 0 fully saturated rings. The molecule has 1 atom stereocenters. The van der Waals surface area contributed by atoms with Gasteiger partial charge in [0.1, 0.15) is 0 Å². The van der Waals surface area contributed by atoms with E-state index in [0.717, 1.165) is 6.61 Å². The summed E-state index contributed by atoms with van der Waals surface area (Å²) < 4.78 is 5.50. The Morgan fingerprint density at radius 3 is 1.90 bits per heavy atom. The van der Waals surface area contributed by atoms with Crippen molar-refractivity contribution in [1.29, 1.82) is 0 Å². The fourth-order valence-corrected chi connectivity index (χ4v) is 1.79. The maximum Gasteiger partial charge on any atom is 0.292 e.